The molecule has 1 aromatic carbocycles. The molecule has 0 amide bonds. The van der Waals surface area contributed by atoms with E-state index >= 15 is 0 Å². The standard InChI is InChI=1S/C13H17FN4/c1-3-15-7-13-16-9-17-18(13)8-11-4-5-12(14)6-10(11)2/h4-6,9,15H,3,7-8H2,1-2H3. The lowest BCUT2D eigenvalue weighted by molar-refractivity contribution is 0.591. The highest BCUT2D eigenvalue weighted by Crippen LogP contribution is 2.12. The molecule has 2 aromatic rings. The largest absolute Gasteiger partial charge is 0.310 e. The van der Waals surface area contributed by atoms with Gasteiger partial charge in [0.15, 0.2) is 0 Å². The Kier molecular flexibility index (Phi) is 4.04. The van der Waals surface area contributed by atoms with Gasteiger partial charge in [0, 0.05) is 0 Å². The second kappa shape index (κ2) is 5.73. The normalized spacial score (nSPS) is 10.8. The molecule has 0 aliphatic rings. The topological polar surface area (TPSA) is 42.7 Å². The van der Waals surface area contributed by atoms with Crippen molar-refractivity contribution in [1.82, 2.24) is 20.1 Å². The van der Waals surface area contributed by atoms with Crippen molar-refractivity contribution >= 4 is 0 Å². The first-order chi connectivity index (χ1) is 8.70. The maximum atomic E-state index is 13.0. The van der Waals surface area contributed by atoms with Gasteiger partial charge >= 0.3 is 0 Å². The van der Waals surface area contributed by atoms with Crippen LogP contribution in [0.25, 0.3) is 0 Å². The van der Waals surface area contributed by atoms with Crippen molar-refractivity contribution in [2.75, 3.05) is 6.54 Å². The Morgan fingerprint density at radius 3 is 2.94 bits per heavy atom. The van der Waals surface area contributed by atoms with Gasteiger partial charge in [-0.25, -0.2) is 14.1 Å². The van der Waals surface area contributed by atoms with Crippen LogP contribution >= 0.6 is 0 Å². The van der Waals surface area contributed by atoms with E-state index in [4.69, 9.17) is 0 Å². The summed E-state index contributed by atoms with van der Waals surface area (Å²) in [7, 11) is 0. The van der Waals surface area contributed by atoms with E-state index in [1.54, 1.807) is 12.4 Å². The zero-order valence-electron chi connectivity index (χ0n) is 10.7. The lowest BCUT2D eigenvalue weighted by Crippen LogP contribution is -2.17. The number of hydrogen-bond donors (Lipinski definition) is 1. The summed E-state index contributed by atoms with van der Waals surface area (Å²) in [5.41, 5.74) is 1.99. The number of nitrogens with zero attached hydrogens (tertiary/aromatic N) is 3. The zero-order chi connectivity index (χ0) is 13.0. The Balaban J connectivity index is 2.15. The fraction of sp³-hybridized carbons (Fsp3) is 0.385. The lowest BCUT2D eigenvalue weighted by Gasteiger charge is -2.09. The summed E-state index contributed by atoms with van der Waals surface area (Å²) in [6, 6.07) is 4.81. The SMILES string of the molecule is CCNCc1ncnn1Cc1ccc(F)cc1C. The van der Waals surface area contributed by atoms with E-state index in [0.29, 0.717) is 13.1 Å². The maximum Gasteiger partial charge on any atom is 0.141 e. The molecule has 5 heteroatoms. The molecule has 0 saturated heterocycles. The van der Waals surface area contributed by atoms with Crippen LogP contribution in [0.3, 0.4) is 0 Å². The third kappa shape index (κ3) is 2.92. The highest BCUT2D eigenvalue weighted by molar-refractivity contribution is 5.26. The van der Waals surface area contributed by atoms with E-state index in [2.05, 4.69) is 15.4 Å². The van der Waals surface area contributed by atoms with E-state index < -0.39 is 0 Å². The molecular formula is C13H17FN4. The van der Waals surface area contributed by atoms with E-state index in [1.165, 1.54) is 12.1 Å². The average Bonchev–Trinajstić information content (AvgIpc) is 2.77. The van der Waals surface area contributed by atoms with Crippen LogP contribution in [-0.2, 0) is 13.1 Å². The van der Waals surface area contributed by atoms with Crippen LogP contribution in [0.15, 0.2) is 24.5 Å². The second-order valence-electron chi connectivity index (χ2n) is 4.19. The monoisotopic (exact) mass is 248 g/mol. The molecule has 96 valence electrons. The van der Waals surface area contributed by atoms with Crippen molar-refractivity contribution in [1.29, 1.82) is 0 Å². The number of hydrogen-bond acceptors (Lipinski definition) is 3. The number of aromatic nitrogens is 3. The minimum absolute atomic E-state index is 0.206. The number of halogens is 1. The van der Waals surface area contributed by atoms with Gasteiger partial charge in [-0.15, -0.1) is 0 Å². The van der Waals surface area contributed by atoms with Crippen molar-refractivity contribution in [2.45, 2.75) is 26.9 Å². The van der Waals surface area contributed by atoms with Crippen LogP contribution in [0.1, 0.15) is 23.9 Å². The summed E-state index contributed by atoms with van der Waals surface area (Å²) in [6.45, 7) is 6.15. The van der Waals surface area contributed by atoms with Crippen molar-refractivity contribution in [3.63, 3.8) is 0 Å². The second-order valence-corrected chi connectivity index (χ2v) is 4.19. The Morgan fingerprint density at radius 1 is 1.39 bits per heavy atom. The summed E-state index contributed by atoms with van der Waals surface area (Å²) < 4.78 is 14.9. The highest BCUT2D eigenvalue weighted by Gasteiger charge is 2.06. The molecule has 18 heavy (non-hydrogen) atoms. The third-order valence-corrected chi connectivity index (χ3v) is 2.85. The maximum absolute atomic E-state index is 13.0. The van der Waals surface area contributed by atoms with Crippen LogP contribution < -0.4 is 5.32 Å². The minimum Gasteiger partial charge on any atom is -0.310 e. The van der Waals surface area contributed by atoms with Crippen LogP contribution in [0, 0.1) is 12.7 Å². The molecule has 1 heterocycles. The summed E-state index contributed by atoms with van der Waals surface area (Å²) in [4.78, 5) is 4.21. The van der Waals surface area contributed by atoms with Gasteiger partial charge in [0.05, 0.1) is 13.1 Å². The number of benzene rings is 1. The lowest BCUT2D eigenvalue weighted by atomic mass is 10.1. The summed E-state index contributed by atoms with van der Waals surface area (Å²) in [6.07, 6.45) is 1.55. The van der Waals surface area contributed by atoms with Gasteiger partial charge in [0.1, 0.15) is 18.0 Å². The predicted octanol–water partition coefficient (Wildman–Crippen LogP) is 1.88. The Labute approximate surface area is 106 Å². The molecule has 0 atom stereocenters. The first-order valence-corrected chi connectivity index (χ1v) is 6.03. The fourth-order valence-corrected chi connectivity index (χ4v) is 1.79. The fourth-order valence-electron chi connectivity index (χ4n) is 1.79. The molecular weight excluding hydrogens is 231 g/mol. The third-order valence-electron chi connectivity index (χ3n) is 2.85. The highest BCUT2D eigenvalue weighted by atomic mass is 19.1. The quantitative estimate of drug-likeness (QED) is 0.878. The first kappa shape index (κ1) is 12.7. The Morgan fingerprint density at radius 2 is 2.22 bits per heavy atom. The molecule has 0 radical (unpaired) electrons. The van der Waals surface area contributed by atoms with Gasteiger partial charge in [-0.3, -0.25) is 0 Å². The smallest absolute Gasteiger partial charge is 0.141 e. The minimum atomic E-state index is -0.206. The van der Waals surface area contributed by atoms with Gasteiger partial charge in [-0.1, -0.05) is 13.0 Å². The summed E-state index contributed by atoms with van der Waals surface area (Å²) >= 11 is 0. The molecule has 0 bridgehead atoms. The zero-order valence-corrected chi connectivity index (χ0v) is 10.7. The average molecular weight is 248 g/mol. The summed E-state index contributed by atoms with van der Waals surface area (Å²) in [5.74, 6) is 0.684. The molecule has 0 unspecified atom stereocenters. The van der Waals surface area contributed by atoms with Crippen LogP contribution in [0.5, 0.6) is 0 Å². The number of nitrogens with one attached hydrogen (secondary N) is 1. The van der Waals surface area contributed by atoms with E-state index in [0.717, 1.165) is 23.5 Å². The molecule has 4 nitrogen and oxygen atoms in total. The van der Waals surface area contributed by atoms with E-state index in [1.807, 2.05) is 18.5 Å². The van der Waals surface area contributed by atoms with Crippen molar-refractivity contribution in [2.24, 2.45) is 0 Å². The van der Waals surface area contributed by atoms with Gasteiger partial charge < -0.3 is 5.32 Å². The molecule has 2 rings (SSSR count). The van der Waals surface area contributed by atoms with Gasteiger partial charge in [0.25, 0.3) is 0 Å². The number of aryl methyl sites for hydroxylation is 1. The number of rotatable bonds is 5. The van der Waals surface area contributed by atoms with Gasteiger partial charge in [0.2, 0.25) is 0 Å². The van der Waals surface area contributed by atoms with Gasteiger partial charge in [-0.2, -0.15) is 5.10 Å². The van der Waals surface area contributed by atoms with Crippen LogP contribution in [0.2, 0.25) is 0 Å². The Hall–Kier alpha value is -1.75. The molecule has 1 N–H and O–H groups in total. The van der Waals surface area contributed by atoms with Crippen molar-refractivity contribution < 1.29 is 4.39 Å². The Bertz CT molecular complexity index is 521. The van der Waals surface area contributed by atoms with Gasteiger partial charge in [-0.05, 0) is 36.7 Å². The molecule has 0 fully saturated rings. The molecule has 0 aliphatic heterocycles. The molecule has 0 aliphatic carbocycles. The molecule has 0 spiro atoms. The molecule has 1 aromatic heterocycles. The van der Waals surface area contributed by atoms with Crippen LogP contribution in [0.4, 0.5) is 4.39 Å². The predicted molar refractivity (Wildman–Crippen MR) is 67.6 cm³/mol. The van der Waals surface area contributed by atoms with Crippen molar-refractivity contribution in [3.8, 4) is 0 Å². The van der Waals surface area contributed by atoms with E-state index in [-0.39, 0.29) is 5.82 Å². The first-order valence-electron chi connectivity index (χ1n) is 6.03. The van der Waals surface area contributed by atoms with Crippen LogP contribution in [-0.4, -0.2) is 21.3 Å². The van der Waals surface area contributed by atoms with Crippen molar-refractivity contribution in [3.05, 3.63) is 47.3 Å². The van der Waals surface area contributed by atoms with E-state index in [9.17, 15) is 4.39 Å². The molecule has 0 saturated carbocycles. The summed E-state index contributed by atoms with van der Waals surface area (Å²) in [5, 5.41) is 7.42.